The maximum absolute atomic E-state index is 13.3. The molecule has 4 aromatic rings. The summed E-state index contributed by atoms with van der Waals surface area (Å²) >= 11 is 0. The topological polar surface area (TPSA) is 118 Å². The predicted octanol–water partition coefficient (Wildman–Crippen LogP) is 4.60. The van der Waals surface area contributed by atoms with Crippen molar-refractivity contribution in [1.29, 1.82) is 0 Å². The van der Waals surface area contributed by atoms with Crippen molar-refractivity contribution in [2.24, 2.45) is 4.99 Å². The Hall–Kier alpha value is -4.57. The lowest BCUT2D eigenvalue weighted by Crippen LogP contribution is -2.43. The molecular formula is C31H29N7O3. The highest BCUT2D eigenvalue weighted by Crippen LogP contribution is 2.43. The highest BCUT2D eigenvalue weighted by Gasteiger charge is 2.36. The van der Waals surface area contributed by atoms with E-state index in [4.69, 9.17) is 19.1 Å². The second-order valence-electron chi connectivity index (χ2n) is 11.1. The third-order valence-electron chi connectivity index (χ3n) is 8.20. The first kappa shape index (κ1) is 24.2. The van der Waals surface area contributed by atoms with E-state index in [-0.39, 0.29) is 24.1 Å². The average Bonchev–Trinajstić information content (AvgIpc) is 3.70. The lowest BCUT2D eigenvalue weighted by atomic mass is 10.0. The van der Waals surface area contributed by atoms with Gasteiger partial charge in [0.1, 0.15) is 0 Å². The van der Waals surface area contributed by atoms with E-state index >= 15 is 0 Å². The molecule has 3 unspecified atom stereocenters. The Kier molecular flexibility index (Phi) is 5.80. The molecule has 3 fully saturated rings. The number of pyridine rings is 1. The van der Waals surface area contributed by atoms with E-state index in [1.807, 2.05) is 60.8 Å². The zero-order valence-corrected chi connectivity index (χ0v) is 22.4. The molecule has 1 saturated carbocycles. The summed E-state index contributed by atoms with van der Waals surface area (Å²) in [6.07, 6.45) is 5.98. The second kappa shape index (κ2) is 9.81. The maximum atomic E-state index is 13.3. The fraction of sp³-hybridized carbons (Fsp3) is 0.323. The average molecular weight is 548 g/mol. The Labute approximate surface area is 236 Å². The van der Waals surface area contributed by atoms with Gasteiger partial charge < -0.3 is 24.7 Å². The molecule has 1 amide bonds. The summed E-state index contributed by atoms with van der Waals surface area (Å²) in [7, 11) is 0. The van der Waals surface area contributed by atoms with Crippen LogP contribution in [0.25, 0.3) is 11.6 Å². The minimum Gasteiger partial charge on any atom is -0.402 e. The number of hydrogen-bond donors (Lipinski definition) is 2. The van der Waals surface area contributed by atoms with Gasteiger partial charge in [-0.3, -0.25) is 4.79 Å². The molecule has 2 N–H and O–H groups in total. The van der Waals surface area contributed by atoms with Crippen molar-refractivity contribution in [2.45, 2.75) is 50.0 Å². The molecule has 2 aromatic carbocycles. The van der Waals surface area contributed by atoms with Crippen LogP contribution in [0, 0.1) is 0 Å². The molecule has 5 heterocycles. The highest BCUT2D eigenvalue weighted by atomic mass is 16.5. The van der Waals surface area contributed by atoms with Crippen LogP contribution in [0.5, 0.6) is 0 Å². The van der Waals surface area contributed by atoms with Crippen LogP contribution in [-0.4, -0.2) is 58.3 Å². The molecule has 8 rings (SSSR count). The zero-order valence-electron chi connectivity index (χ0n) is 22.4. The lowest BCUT2D eigenvalue weighted by Gasteiger charge is -2.34. The van der Waals surface area contributed by atoms with Crippen molar-refractivity contribution < 1.29 is 13.9 Å². The van der Waals surface area contributed by atoms with Gasteiger partial charge in [0.2, 0.25) is 6.17 Å². The molecule has 10 nitrogen and oxygen atoms in total. The number of anilines is 3. The molecule has 41 heavy (non-hydrogen) atoms. The molecule has 206 valence electrons. The summed E-state index contributed by atoms with van der Waals surface area (Å²) in [5.74, 6) is 0.551. The van der Waals surface area contributed by atoms with Gasteiger partial charge >= 0.3 is 6.01 Å². The first-order valence-electron chi connectivity index (χ1n) is 14.2. The van der Waals surface area contributed by atoms with E-state index in [0.717, 1.165) is 42.7 Å². The number of carbonyl (C=O) groups is 1. The second-order valence-corrected chi connectivity index (χ2v) is 11.1. The number of benzene rings is 2. The zero-order chi connectivity index (χ0) is 27.3. The first-order valence-corrected chi connectivity index (χ1v) is 14.2. The number of aliphatic imine (C=N–C) groups is 1. The van der Waals surface area contributed by atoms with Gasteiger partial charge in [-0.1, -0.05) is 53.6 Å². The van der Waals surface area contributed by atoms with E-state index in [1.54, 1.807) is 0 Å². The minimum atomic E-state index is -0.981. The maximum Gasteiger partial charge on any atom is 0.317 e. The third kappa shape index (κ3) is 4.63. The molecule has 1 aliphatic carbocycles. The number of benzodiazepines with no additional fused rings is 1. The van der Waals surface area contributed by atoms with Gasteiger partial charge in [0.25, 0.3) is 11.8 Å². The fourth-order valence-corrected chi connectivity index (χ4v) is 6.00. The molecule has 0 spiro atoms. The van der Waals surface area contributed by atoms with Gasteiger partial charge in [-0.15, -0.1) is 5.10 Å². The van der Waals surface area contributed by atoms with E-state index < -0.39 is 6.17 Å². The molecule has 3 aliphatic heterocycles. The number of aromatic nitrogens is 3. The van der Waals surface area contributed by atoms with Crippen LogP contribution in [0.3, 0.4) is 0 Å². The number of hydrogen-bond acceptors (Lipinski definition) is 9. The standard InChI is InChI=1S/C31H29N7O3/c39-29-28(34-26(19-6-2-1-3-7-19)23-8-4-5-9-24(23)33-29)35-31-37-36-30(41-31)27-25(14-20(15-32-27)18-10-11-18)38-16-21-12-13-22(17-38)40-21/h1-9,14-15,18,21-22,28H,10-13,16-17H2,(H,33,39)(H,35,37). The van der Waals surface area contributed by atoms with Gasteiger partial charge in [0.15, 0.2) is 5.69 Å². The van der Waals surface area contributed by atoms with Crippen molar-refractivity contribution in [2.75, 3.05) is 28.6 Å². The van der Waals surface area contributed by atoms with Crippen molar-refractivity contribution in [3.8, 4) is 11.6 Å². The molecule has 10 heteroatoms. The largest absolute Gasteiger partial charge is 0.402 e. The molecule has 2 bridgehead atoms. The smallest absolute Gasteiger partial charge is 0.317 e. The molecule has 0 radical (unpaired) electrons. The Morgan fingerprint density at radius 1 is 0.927 bits per heavy atom. The van der Waals surface area contributed by atoms with Crippen LogP contribution in [0.1, 0.15) is 48.3 Å². The fourth-order valence-electron chi connectivity index (χ4n) is 6.00. The SMILES string of the molecule is O=C1Nc2ccccc2C(c2ccccc2)=NC1Nc1nnc(-c2ncc(C3CC3)cc2N2CC3CCC(C2)O3)o1. The van der Waals surface area contributed by atoms with Crippen LogP contribution in [-0.2, 0) is 9.53 Å². The summed E-state index contributed by atoms with van der Waals surface area (Å²) < 4.78 is 12.2. The first-order chi connectivity index (χ1) is 20.2. The minimum absolute atomic E-state index is 0.100. The van der Waals surface area contributed by atoms with Crippen molar-refractivity contribution in [1.82, 2.24) is 15.2 Å². The Bertz CT molecular complexity index is 1640. The number of ether oxygens (including phenoxy) is 1. The molecular weight excluding hydrogens is 518 g/mol. The predicted molar refractivity (Wildman–Crippen MR) is 154 cm³/mol. The summed E-state index contributed by atoms with van der Waals surface area (Å²) in [5, 5.41) is 14.6. The number of rotatable bonds is 6. The van der Waals surface area contributed by atoms with Gasteiger partial charge in [0.05, 0.1) is 29.3 Å². The Morgan fingerprint density at radius 3 is 2.51 bits per heavy atom. The summed E-state index contributed by atoms with van der Waals surface area (Å²) in [6, 6.07) is 19.8. The van der Waals surface area contributed by atoms with E-state index in [0.29, 0.717) is 28.9 Å². The Balaban J connectivity index is 1.12. The molecule has 3 atom stereocenters. The van der Waals surface area contributed by atoms with Crippen LogP contribution < -0.4 is 15.5 Å². The van der Waals surface area contributed by atoms with Crippen molar-refractivity contribution in [3.05, 3.63) is 83.6 Å². The highest BCUT2D eigenvalue weighted by molar-refractivity contribution is 6.19. The summed E-state index contributed by atoms with van der Waals surface area (Å²) in [6.45, 7) is 1.64. The number of morpholine rings is 1. The number of carbonyl (C=O) groups excluding carboxylic acids is 1. The van der Waals surface area contributed by atoms with Crippen molar-refractivity contribution >= 4 is 29.0 Å². The van der Waals surface area contributed by atoms with Gasteiger partial charge in [-0.05, 0) is 49.3 Å². The summed E-state index contributed by atoms with van der Waals surface area (Å²) in [5.41, 5.74) is 6.01. The quantitative estimate of drug-likeness (QED) is 0.360. The Morgan fingerprint density at radius 2 is 1.71 bits per heavy atom. The number of para-hydroxylation sites is 1. The molecule has 2 aromatic heterocycles. The van der Waals surface area contributed by atoms with E-state index in [2.05, 4.69) is 31.8 Å². The number of fused-ring (bicyclic) bond motifs is 3. The molecule has 2 saturated heterocycles. The van der Waals surface area contributed by atoms with Gasteiger partial charge in [-0.2, -0.15) is 0 Å². The van der Waals surface area contributed by atoms with Gasteiger partial charge in [0, 0.05) is 30.4 Å². The van der Waals surface area contributed by atoms with Crippen LogP contribution in [0.15, 0.2) is 76.3 Å². The third-order valence-corrected chi connectivity index (χ3v) is 8.20. The van der Waals surface area contributed by atoms with E-state index in [1.165, 1.54) is 18.4 Å². The van der Waals surface area contributed by atoms with Crippen molar-refractivity contribution in [3.63, 3.8) is 0 Å². The van der Waals surface area contributed by atoms with Crippen LogP contribution >= 0.6 is 0 Å². The van der Waals surface area contributed by atoms with Crippen LogP contribution in [0.2, 0.25) is 0 Å². The summed E-state index contributed by atoms with van der Waals surface area (Å²) in [4.78, 5) is 25.3. The molecule has 4 aliphatic rings. The number of amides is 1. The number of nitrogens with zero attached hydrogens (tertiary/aromatic N) is 5. The lowest BCUT2D eigenvalue weighted by molar-refractivity contribution is -0.116. The van der Waals surface area contributed by atoms with Crippen LogP contribution in [0.4, 0.5) is 17.4 Å². The van der Waals surface area contributed by atoms with E-state index in [9.17, 15) is 4.79 Å². The van der Waals surface area contributed by atoms with Gasteiger partial charge in [-0.25, -0.2) is 9.98 Å². The monoisotopic (exact) mass is 547 g/mol. The number of nitrogens with one attached hydrogen (secondary N) is 2. The normalized spacial score (nSPS) is 23.4.